The molecule has 1 atom stereocenters. The van der Waals surface area contributed by atoms with Gasteiger partial charge in [0.05, 0.1) is 12.4 Å². The summed E-state index contributed by atoms with van der Waals surface area (Å²) in [5, 5.41) is 19.1. The molecular weight excluding hydrogens is 280 g/mol. The van der Waals surface area contributed by atoms with Gasteiger partial charge in [-0.2, -0.15) is 11.8 Å². The molecule has 0 aliphatic carbocycles. The molecule has 0 aromatic heterocycles. The summed E-state index contributed by atoms with van der Waals surface area (Å²) in [5.74, 6) is 0.665. The molecule has 0 aromatic carbocycles. The van der Waals surface area contributed by atoms with Crippen LogP contribution in [0.4, 0.5) is 0 Å². The van der Waals surface area contributed by atoms with Gasteiger partial charge in [-0.3, -0.25) is 14.5 Å². The summed E-state index contributed by atoms with van der Waals surface area (Å²) in [6.07, 6.45) is 6.46. The highest BCUT2D eigenvalue weighted by Crippen LogP contribution is 2.16. The van der Waals surface area contributed by atoms with E-state index in [0.29, 0.717) is 11.8 Å². The maximum Gasteiger partial charge on any atom is 0.290 e. The molecule has 0 radical (unpaired) electrons. The highest BCUT2D eigenvalue weighted by molar-refractivity contribution is 7.99. The fourth-order valence-electron chi connectivity index (χ4n) is 2.25. The van der Waals surface area contributed by atoms with Gasteiger partial charge in [-0.05, 0) is 32.1 Å². The number of carbonyl (C=O) groups excluding carboxylic acids is 1. The van der Waals surface area contributed by atoms with E-state index >= 15 is 0 Å². The number of aliphatic hydroxyl groups excluding tert-OH is 1. The summed E-state index contributed by atoms with van der Waals surface area (Å²) < 4.78 is 0. The van der Waals surface area contributed by atoms with E-state index in [9.17, 15) is 9.90 Å². The third-order valence-corrected chi connectivity index (χ3v) is 3.73. The van der Waals surface area contributed by atoms with Crippen molar-refractivity contribution in [1.82, 2.24) is 10.2 Å². The molecule has 3 N–H and O–H groups in total. The third-order valence-electron chi connectivity index (χ3n) is 3.18. The summed E-state index contributed by atoms with van der Waals surface area (Å²) in [7, 11) is 0. The molecule has 1 saturated heterocycles. The molecule has 1 unspecified atom stereocenters. The minimum absolute atomic E-state index is 0.120. The van der Waals surface area contributed by atoms with Crippen molar-refractivity contribution in [3.05, 3.63) is 0 Å². The van der Waals surface area contributed by atoms with Gasteiger partial charge >= 0.3 is 0 Å². The number of rotatable bonds is 7. The van der Waals surface area contributed by atoms with Crippen molar-refractivity contribution in [2.45, 2.75) is 31.7 Å². The molecule has 1 aliphatic rings. The summed E-state index contributed by atoms with van der Waals surface area (Å²) in [6.45, 7) is 2.82. The largest absolute Gasteiger partial charge is 0.483 e. The maximum absolute atomic E-state index is 11.2. The number of thioether (sulfide) groups is 1. The van der Waals surface area contributed by atoms with Crippen LogP contribution in [0.3, 0.4) is 0 Å². The van der Waals surface area contributed by atoms with Gasteiger partial charge in [0.2, 0.25) is 5.91 Å². The Morgan fingerprint density at radius 1 is 1.50 bits per heavy atom. The maximum atomic E-state index is 11.2. The van der Waals surface area contributed by atoms with Crippen LogP contribution >= 0.6 is 11.8 Å². The predicted molar refractivity (Wildman–Crippen MR) is 81.0 cm³/mol. The molecule has 1 rings (SSSR count). The molecule has 6 nitrogen and oxygen atoms in total. The molecule has 0 aromatic rings. The lowest BCUT2D eigenvalue weighted by atomic mass is 10.0. The van der Waals surface area contributed by atoms with E-state index in [-0.39, 0.29) is 19.0 Å². The van der Waals surface area contributed by atoms with Crippen LogP contribution < -0.4 is 5.32 Å². The third kappa shape index (κ3) is 9.17. The Balaban J connectivity index is 0.00000110. The first kappa shape index (κ1) is 19.2. The minimum Gasteiger partial charge on any atom is -0.483 e. The van der Waals surface area contributed by atoms with Gasteiger partial charge in [0.1, 0.15) is 0 Å². The number of aliphatic hydroxyl groups is 1. The second kappa shape index (κ2) is 13.2. The highest BCUT2D eigenvalue weighted by atomic mass is 32.2. The Morgan fingerprint density at radius 2 is 2.20 bits per heavy atom. The van der Waals surface area contributed by atoms with Gasteiger partial charge < -0.3 is 15.5 Å². The molecular formula is C13H26N2O4S. The van der Waals surface area contributed by atoms with Gasteiger partial charge in [0.25, 0.3) is 6.47 Å². The average Bonchev–Trinajstić information content (AvgIpc) is 2.45. The zero-order valence-electron chi connectivity index (χ0n) is 12.1. The topological polar surface area (TPSA) is 89.9 Å². The first-order valence-electron chi connectivity index (χ1n) is 6.88. The Kier molecular flexibility index (Phi) is 12.7. The standard InChI is InChI=1S/C12H24N2O2S.CH2O2/c1-17-10-12(16)13-6-4-8-14-7-3-2-5-11(14)9-15;2-1-3/h11,15H,2-10H2,1H3,(H,13,16);1H,(H,2,3). The number of nitrogens with one attached hydrogen (secondary N) is 1. The summed E-state index contributed by atoms with van der Waals surface area (Å²) in [4.78, 5) is 21.9. The molecule has 0 bridgehead atoms. The van der Waals surface area contributed by atoms with E-state index in [1.165, 1.54) is 12.8 Å². The van der Waals surface area contributed by atoms with E-state index in [0.717, 1.165) is 32.5 Å². The van der Waals surface area contributed by atoms with Crippen LogP contribution in [0.5, 0.6) is 0 Å². The molecule has 118 valence electrons. The van der Waals surface area contributed by atoms with Crippen molar-refractivity contribution >= 4 is 24.1 Å². The lowest BCUT2D eigenvalue weighted by molar-refractivity contribution is -0.123. The van der Waals surface area contributed by atoms with E-state index in [1.807, 2.05) is 6.26 Å². The first-order valence-corrected chi connectivity index (χ1v) is 8.27. The number of hydrogen-bond donors (Lipinski definition) is 3. The Labute approximate surface area is 124 Å². The fraction of sp³-hybridized carbons (Fsp3) is 0.846. The number of likely N-dealkylation sites (tertiary alicyclic amines) is 1. The zero-order valence-corrected chi connectivity index (χ0v) is 12.9. The van der Waals surface area contributed by atoms with Crippen molar-refractivity contribution in [1.29, 1.82) is 0 Å². The SMILES string of the molecule is CSCC(=O)NCCCN1CCCCC1CO.O=CO. The van der Waals surface area contributed by atoms with Gasteiger partial charge in [0, 0.05) is 19.1 Å². The molecule has 1 heterocycles. The van der Waals surface area contributed by atoms with Crippen molar-refractivity contribution in [3.63, 3.8) is 0 Å². The predicted octanol–water partition coefficient (Wildman–Crippen LogP) is 0.403. The number of carbonyl (C=O) groups is 2. The number of hydrogen-bond acceptors (Lipinski definition) is 5. The van der Waals surface area contributed by atoms with Crippen LogP contribution in [0, 0.1) is 0 Å². The lowest BCUT2D eigenvalue weighted by Gasteiger charge is -2.34. The average molecular weight is 306 g/mol. The summed E-state index contributed by atoms with van der Waals surface area (Å²) >= 11 is 1.54. The monoisotopic (exact) mass is 306 g/mol. The molecule has 0 spiro atoms. The van der Waals surface area contributed by atoms with E-state index in [4.69, 9.17) is 9.90 Å². The Bertz CT molecular complexity index is 267. The summed E-state index contributed by atoms with van der Waals surface area (Å²) in [5.41, 5.74) is 0. The lowest BCUT2D eigenvalue weighted by Crippen LogP contribution is -2.43. The Hall–Kier alpha value is -0.790. The summed E-state index contributed by atoms with van der Waals surface area (Å²) in [6, 6.07) is 0.339. The van der Waals surface area contributed by atoms with Crippen LogP contribution in [0.1, 0.15) is 25.7 Å². The van der Waals surface area contributed by atoms with Crippen molar-refractivity contribution in [3.8, 4) is 0 Å². The van der Waals surface area contributed by atoms with Crippen molar-refractivity contribution < 1.29 is 19.8 Å². The van der Waals surface area contributed by atoms with Crippen LogP contribution in [0.2, 0.25) is 0 Å². The number of carboxylic acid groups (broad SMARTS) is 1. The smallest absolute Gasteiger partial charge is 0.290 e. The molecule has 1 amide bonds. The number of piperidine rings is 1. The van der Waals surface area contributed by atoms with Gasteiger partial charge in [-0.1, -0.05) is 6.42 Å². The second-order valence-electron chi connectivity index (χ2n) is 4.61. The highest BCUT2D eigenvalue weighted by Gasteiger charge is 2.20. The quantitative estimate of drug-likeness (QED) is 0.466. The Morgan fingerprint density at radius 3 is 2.80 bits per heavy atom. The van der Waals surface area contributed by atoms with Crippen molar-refractivity contribution in [2.24, 2.45) is 0 Å². The van der Waals surface area contributed by atoms with E-state index < -0.39 is 0 Å². The molecule has 7 heteroatoms. The van der Waals surface area contributed by atoms with Crippen LogP contribution in [-0.4, -0.2) is 71.8 Å². The van der Waals surface area contributed by atoms with Crippen LogP contribution in [-0.2, 0) is 9.59 Å². The zero-order chi connectivity index (χ0) is 15.2. The molecule has 0 saturated carbocycles. The van der Waals surface area contributed by atoms with Gasteiger partial charge in [0.15, 0.2) is 0 Å². The van der Waals surface area contributed by atoms with Crippen molar-refractivity contribution in [2.75, 3.05) is 38.2 Å². The minimum atomic E-state index is -0.250. The van der Waals surface area contributed by atoms with E-state index in [1.54, 1.807) is 11.8 Å². The molecule has 1 fully saturated rings. The molecule has 1 aliphatic heterocycles. The van der Waals surface area contributed by atoms with E-state index in [2.05, 4.69) is 10.2 Å². The number of nitrogens with zero attached hydrogens (tertiary/aromatic N) is 1. The van der Waals surface area contributed by atoms with Crippen LogP contribution in [0.15, 0.2) is 0 Å². The second-order valence-corrected chi connectivity index (χ2v) is 5.48. The van der Waals surface area contributed by atoms with Gasteiger partial charge in [-0.15, -0.1) is 0 Å². The first-order chi connectivity index (χ1) is 9.69. The normalized spacial score (nSPS) is 18.8. The molecule has 20 heavy (non-hydrogen) atoms. The number of amides is 1. The van der Waals surface area contributed by atoms with Crippen LogP contribution in [0.25, 0.3) is 0 Å². The fourth-order valence-corrected chi connectivity index (χ4v) is 2.62. The van der Waals surface area contributed by atoms with Gasteiger partial charge in [-0.25, -0.2) is 0 Å².